The molecule has 3 unspecified atom stereocenters. The van der Waals surface area contributed by atoms with Crippen LogP contribution in [0.2, 0.25) is 0 Å². The van der Waals surface area contributed by atoms with Crippen molar-refractivity contribution in [2.45, 2.75) is 97.2 Å². The van der Waals surface area contributed by atoms with Crippen molar-refractivity contribution < 1.29 is 14.6 Å². The van der Waals surface area contributed by atoms with E-state index in [4.69, 9.17) is 9.47 Å². The standard InChI is InChI=1S/C30H45NO3/c1-19(31-17-20-15-23(33-4)6-10-28(20)34-18-31)25-8-9-26-24-7-5-21-16-22(32)11-13-29(21,2)27(24)12-14-30(25,26)3/h6,10,15,19,21-22,24-27,32H,5,7-9,11-14,16-18H2,1-4H3/t19?,21?,22?,24-,25+,26-,27-,29-,30+/m0/s1. The Hall–Kier alpha value is -1.26. The number of methoxy groups -OCH3 is 1. The van der Waals surface area contributed by atoms with Crippen molar-refractivity contribution in [1.29, 1.82) is 0 Å². The Morgan fingerprint density at radius 2 is 1.82 bits per heavy atom. The van der Waals surface area contributed by atoms with Crippen LogP contribution < -0.4 is 9.47 Å². The van der Waals surface area contributed by atoms with Crippen molar-refractivity contribution in [3.05, 3.63) is 23.8 Å². The van der Waals surface area contributed by atoms with E-state index in [2.05, 4.69) is 37.8 Å². The monoisotopic (exact) mass is 467 g/mol. The predicted molar refractivity (Wildman–Crippen MR) is 135 cm³/mol. The lowest BCUT2D eigenvalue weighted by Crippen LogP contribution is -2.55. The third-order valence-electron chi connectivity index (χ3n) is 11.9. The average Bonchev–Trinajstić information content (AvgIpc) is 3.20. The summed E-state index contributed by atoms with van der Waals surface area (Å²) >= 11 is 0. The lowest BCUT2D eigenvalue weighted by Gasteiger charge is -2.61. The Morgan fingerprint density at radius 1 is 1.03 bits per heavy atom. The van der Waals surface area contributed by atoms with Crippen LogP contribution in [0.3, 0.4) is 0 Å². The van der Waals surface area contributed by atoms with E-state index in [9.17, 15) is 5.11 Å². The summed E-state index contributed by atoms with van der Waals surface area (Å²) in [5.41, 5.74) is 2.18. The molecule has 1 aliphatic heterocycles. The first-order valence-corrected chi connectivity index (χ1v) is 14.1. The van der Waals surface area contributed by atoms with Gasteiger partial charge in [-0.3, -0.25) is 4.90 Å². The molecule has 1 aromatic rings. The average molecular weight is 468 g/mol. The first-order chi connectivity index (χ1) is 16.3. The summed E-state index contributed by atoms with van der Waals surface area (Å²) in [6.45, 7) is 9.39. The molecule has 0 amide bonds. The van der Waals surface area contributed by atoms with Crippen LogP contribution in [0.1, 0.15) is 84.1 Å². The van der Waals surface area contributed by atoms with E-state index < -0.39 is 0 Å². The summed E-state index contributed by atoms with van der Waals surface area (Å²) in [5, 5.41) is 10.3. The number of rotatable bonds is 3. The number of aliphatic hydroxyl groups excluding tert-OH is 1. The molecule has 4 nitrogen and oxygen atoms in total. The van der Waals surface area contributed by atoms with Gasteiger partial charge in [0.1, 0.15) is 18.2 Å². The van der Waals surface area contributed by atoms with Crippen molar-refractivity contribution >= 4 is 0 Å². The van der Waals surface area contributed by atoms with Gasteiger partial charge in [0, 0.05) is 18.2 Å². The molecule has 4 aliphatic carbocycles. The van der Waals surface area contributed by atoms with Crippen LogP contribution >= 0.6 is 0 Å². The topological polar surface area (TPSA) is 41.9 Å². The van der Waals surface area contributed by atoms with E-state index in [1.54, 1.807) is 7.11 Å². The molecule has 0 spiro atoms. The van der Waals surface area contributed by atoms with E-state index in [0.29, 0.717) is 23.6 Å². The van der Waals surface area contributed by atoms with Gasteiger partial charge in [-0.1, -0.05) is 13.8 Å². The normalized spacial score (nSPS) is 44.7. The number of aliphatic hydroxyl groups is 1. The van der Waals surface area contributed by atoms with Crippen LogP contribution in [-0.4, -0.2) is 36.0 Å². The van der Waals surface area contributed by atoms with Gasteiger partial charge in [0.05, 0.1) is 13.2 Å². The quantitative estimate of drug-likeness (QED) is 0.570. The number of ether oxygens (including phenoxy) is 2. The van der Waals surface area contributed by atoms with E-state index in [1.165, 1.54) is 50.5 Å². The van der Waals surface area contributed by atoms with Gasteiger partial charge in [-0.15, -0.1) is 0 Å². The van der Waals surface area contributed by atoms with Crippen molar-refractivity contribution in [3.63, 3.8) is 0 Å². The number of nitrogens with zero attached hydrogens (tertiary/aromatic N) is 1. The summed E-state index contributed by atoms with van der Waals surface area (Å²) in [7, 11) is 1.74. The van der Waals surface area contributed by atoms with Crippen LogP contribution in [-0.2, 0) is 6.54 Å². The second kappa shape index (κ2) is 8.40. The second-order valence-electron chi connectivity index (χ2n) is 13.0. The summed E-state index contributed by atoms with van der Waals surface area (Å²) in [6, 6.07) is 6.74. The zero-order valence-corrected chi connectivity index (χ0v) is 21.8. The highest BCUT2D eigenvalue weighted by Crippen LogP contribution is 2.68. The van der Waals surface area contributed by atoms with Crippen molar-refractivity contribution in [2.24, 2.45) is 40.4 Å². The van der Waals surface area contributed by atoms with E-state index in [-0.39, 0.29) is 6.10 Å². The maximum absolute atomic E-state index is 10.3. The van der Waals surface area contributed by atoms with Gasteiger partial charge in [-0.25, -0.2) is 0 Å². The first-order valence-electron chi connectivity index (χ1n) is 14.1. The molecule has 4 fully saturated rings. The minimum atomic E-state index is -0.0444. The van der Waals surface area contributed by atoms with Gasteiger partial charge in [0.2, 0.25) is 0 Å². The van der Waals surface area contributed by atoms with Gasteiger partial charge >= 0.3 is 0 Å². The lowest BCUT2D eigenvalue weighted by molar-refractivity contribution is -0.131. The Labute approximate surface area is 206 Å². The number of hydrogen-bond acceptors (Lipinski definition) is 4. The fraction of sp³-hybridized carbons (Fsp3) is 0.800. The molecule has 4 heteroatoms. The maximum atomic E-state index is 10.3. The highest BCUT2D eigenvalue weighted by molar-refractivity contribution is 5.41. The third-order valence-corrected chi connectivity index (χ3v) is 11.9. The second-order valence-corrected chi connectivity index (χ2v) is 13.0. The minimum Gasteiger partial charge on any atom is -0.497 e. The summed E-state index contributed by atoms with van der Waals surface area (Å²) in [4.78, 5) is 2.58. The molecular weight excluding hydrogens is 422 g/mol. The number of fused-ring (bicyclic) bond motifs is 6. The van der Waals surface area contributed by atoms with Crippen LogP contribution in [0.15, 0.2) is 18.2 Å². The fourth-order valence-corrected chi connectivity index (χ4v) is 9.95. The van der Waals surface area contributed by atoms with Gasteiger partial charge in [-0.2, -0.15) is 0 Å². The Balaban J connectivity index is 1.20. The van der Waals surface area contributed by atoms with Crippen molar-refractivity contribution in [1.82, 2.24) is 4.90 Å². The summed E-state index contributed by atoms with van der Waals surface area (Å²) in [5.74, 6) is 6.08. The molecule has 0 aromatic heterocycles. The fourth-order valence-electron chi connectivity index (χ4n) is 9.95. The molecular formula is C30H45NO3. The molecule has 188 valence electrons. The highest BCUT2D eigenvalue weighted by Gasteiger charge is 2.61. The van der Waals surface area contributed by atoms with Gasteiger partial charge in [0.15, 0.2) is 0 Å². The van der Waals surface area contributed by atoms with E-state index >= 15 is 0 Å². The zero-order valence-electron chi connectivity index (χ0n) is 21.8. The maximum Gasteiger partial charge on any atom is 0.142 e. The molecule has 1 N–H and O–H groups in total. The molecule has 0 bridgehead atoms. The number of hydrogen-bond donors (Lipinski definition) is 1. The van der Waals surface area contributed by atoms with E-state index in [0.717, 1.165) is 60.5 Å². The lowest BCUT2D eigenvalue weighted by atomic mass is 9.44. The summed E-state index contributed by atoms with van der Waals surface area (Å²) < 4.78 is 11.7. The van der Waals surface area contributed by atoms with Crippen molar-refractivity contribution in [3.8, 4) is 11.5 Å². The molecule has 0 radical (unpaired) electrons. The van der Waals surface area contributed by atoms with E-state index in [1.807, 2.05) is 6.07 Å². The van der Waals surface area contributed by atoms with Crippen LogP contribution in [0.25, 0.3) is 0 Å². The van der Waals surface area contributed by atoms with Gasteiger partial charge in [-0.05, 0) is 123 Å². The molecule has 1 heterocycles. The SMILES string of the molecule is COc1ccc2c(c1)CN(C(C)[C@H]1CC[C@H]3[C@@H]4CCC5CC(O)CC[C@]5(C)[C@H]4CC[C@]13C)CO2. The largest absolute Gasteiger partial charge is 0.497 e. The first kappa shape index (κ1) is 23.2. The smallest absolute Gasteiger partial charge is 0.142 e. The highest BCUT2D eigenvalue weighted by atomic mass is 16.5. The van der Waals surface area contributed by atoms with Crippen LogP contribution in [0.4, 0.5) is 0 Å². The van der Waals surface area contributed by atoms with Gasteiger partial charge < -0.3 is 14.6 Å². The molecule has 4 saturated carbocycles. The molecule has 5 aliphatic rings. The predicted octanol–water partition coefficient (Wildman–Crippen LogP) is 6.26. The minimum absolute atomic E-state index is 0.0444. The number of benzene rings is 1. The summed E-state index contributed by atoms with van der Waals surface area (Å²) in [6.07, 6.45) is 11.6. The molecule has 6 rings (SSSR count). The zero-order chi connectivity index (χ0) is 23.7. The molecule has 1 aromatic carbocycles. The van der Waals surface area contributed by atoms with Crippen LogP contribution in [0, 0.1) is 40.4 Å². The third kappa shape index (κ3) is 3.45. The molecule has 34 heavy (non-hydrogen) atoms. The Morgan fingerprint density at radius 3 is 2.65 bits per heavy atom. The molecule has 9 atom stereocenters. The van der Waals surface area contributed by atoms with Crippen molar-refractivity contribution in [2.75, 3.05) is 13.8 Å². The van der Waals surface area contributed by atoms with Gasteiger partial charge in [0.25, 0.3) is 0 Å². The Bertz CT molecular complexity index is 918. The van der Waals surface area contributed by atoms with Crippen LogP contribution in [0.5, 0.6) is 11.5 Å². The Kier molecular flexibility index (Phi) is 5.72. The molecule has 0 saturated heterocycles.